The van der Waals surface area contributed by atoms with Gasteiger partial charge in [-0.25, -0.2) is 0 Å². The molecule has 0 radical (unpaired) electrons. The Kier molecular flexibility index (Phi) is 2.55. The second-order valence-corrected chi connectivity index (χ2v) is 4.68. The summed E-state index contributed by atoms with van der Waals surface area (Å²) in [4.78, 5) is 2.44. The zero-order chi connectivity index (χ0) is 9.15. The van der Waals surface area contributed by atoms with Gasteiger partial charge in [-0.05, 0) is 18.3 Å². The molecule has 2 aliphatic rings. The Morgan fingerprint density at radius 2 is 1.85 bits per heavy atom. The van der Waals surface area contributed by atoms with Gasteiger partial charge >= 0.3 is 0 Å². The lowest BCUT2D eigenvalue weighted by Crippen LogP contribution is -2.56. The first-order chi connectivity index (χ1) is 6.35. The summed E-state index contributed by atoms with van der Waals surface area (Å²) in [6, 6.07) is 2.22. The SMILES string of the molecule is N#CCCN1CC2(CCCCC2)C1. The summed E-state index contributed by atoms with van der Waals surface area (Å²) in [6.45, 7) is 3.54. The topological polar surface area (TPSA) is 27.0 Å². The van der Waals surface area contributed by atoms with Crippen LogP contribution in [0.25, 0.3) is 0 Å². The van der Waals surface area contributed by atoms with Crippen LogP contribution < -0.4 is 0 Å². The van der Waals surface area contributed by atoms with Crippen molar-refractivity contribution in [3.05, 3.63) is 0 Å². The van der Waals surface area contributed by atoms with Crippen LogP contribution in [0, 0.1) is 16.7 Å². The van der Waals surface area contributed by atoms with E-state index in [1.165, 1.54) is 45.2 Å². The first kappa shape index (κ1) is 9.02. The van der Waals surface area contributed by atoms with Crippen LogP contribution in [0.4, 0.5) is 0 Å². The molecule has 1 saturated carbocycles. The van der Waals surface area contributed by atoms with Crippen molar-refractivity contribution in [3.8, 4) is 6.07 Å². The number of nitriles is 1. The van der Waals surface area contributed by atoms with Gasteiger partial charge in [0.05, 0.1) is 6.07 Å². The van der Waals surface area contributed by atoms with E-state index in [-0.39, 0.29) is 0 Å². The van der Waals surface area contributed by atoms with Gasteiger partial charge in [-0.2, -0.15) is 5.26 Å². The van der Waals surface area contributed by atoms with Gasteiger partial charge in [0.1, 0.15) is 0 Å². The van der Waals surface area contributed by atoms with Crippen molar-refractivity contribution in [3.63, 3.8) is 0 Å². The fraction of sp³-hybridized carbons (Fsp3) is 0.909. The number of nitrogens with zero attached hydrogens (tertiary/aromatic N) is 2. The molecule has 0 atom stereocenters. The molecule has 1 heterocycles. The predicted molar refractivity (Wildman–Crippen MR) is 52.2 cm³/mol. The Labute approximate surface area is 80.5 Å². The van der Waals surface area contributed by atoms with Crippen molar-refractivity contribution in [2.45, 2.75) is 38.5 Å². The first-order valence-electron chi connectivity index (χ1n) is 5.44. The summed E-state index contributed by atoms with van der Waals surface area (Å²) in [5, 5.41) is 8.46. The molecule has 0 unspecified atom stereocenters. The molecule has 2 rings (SSSR count). The molecule has 2 fully saturated rings. The van der Waals surface area contributed by atoms with Crippen LogP contribution in [0.5, 0.6) is 0 Å². The minimum absolute atomic E-state index is 0.688. The minimum Gasteiger partial charge on any atom is -0.301 e. The molecular formula is C11H18N2. The average Bonchev–Trinajstić information content (AvgIpc) is 2.13. The molecule has 0 amide bonds. The maximum absolute atomic E-state index is 8.46. The van der Waals surface area contributed by atoms with Crippen LogP contribution in [0.15, 0.2) is 0 Å². The summed E-state index contributed by atoms with van der Waals surface area (Å²) >= 11 is 0. The molecular weight excluding hydrogens is 160 g/mol. The van der Waals surface area contributed by atoms with E-state index in [0.29, 0.717) is 11.8 Å². The highest BCUT2D eigenvalue weighted by Crippen LogP contribution is 2.43. The van der Waals surface area contributed by atoms with Gasteiger partial charge in [-0.15, -0.1) is 0 Å². The molecule has 1 aliphatic carbocycles. The van der Waals surface area contributed by atoms with E-state index in [9.17, 15) is 0 Å². The highest BCUT2D eigenvalue weighted by atomic mass is 15.2. The van der Waals surface area contributed by atoms with Crippen LogP contribution in [0.1, 0.15) is 38.5 Å². The molecule has 72 valence electrons. The van der Waals surface area contributed by atoms with Gasteiger partial charge in [0, 0.05) is 26.1 Å². The lowest BCUT2D eigenvalue weighted by molar-refractivity contribution is -0.0261. The molecule has 0 bridgehead atoms. The van der Waals surface area contributed by atoms with Crippen molar-refractivity contribution < 1.29 is 0 Å². The molecule has 0 N–H and O–H groups in total. The summed E-state index contributed by atoms with van der Waals surface area (Å²) in [7, 11) is 0. The fourth-order valence-corrected chi connectivity index (χ4v) is 2.89. The zero-order valence-electron chi connectivity index (χ0n) is 8.26. The number of likely N-dealkylation sites (tertiary alicyclic amines) is 1. The van der Waals surface area contributed by atoms with E-state index >= 15 is 0 Å². The van der Waals surface area contributed by atoms with Crippen LogP contribution in [0.3, 0.4) is 0 Å². The highest BCUT2D eigenvalue weighted by Gasteiger charge is 2.42. The van der Waals surface area contributed by atoms with Crippen molar-refractivity contribution >= 4 is 0 Å². The summed E-state index contributed by atoms with van der Waals surface area (Å²) in [5.41, 5.74) is 0.688. The molecule has 0 aromatic rings. The number of hydrogen-bond donors (Lipinski definition) is 0. The summed E-state index contributed by atoms with van der Waals surface area (Å²) in [5.74, 6) is 0. The van der Waals surface area contributed by atoms with Gasteiger partial charge in [-0.1, -0.05) is 19.3 Å². The predicted octanol–water partition coefficient (Wildman–Crippen LogP) is 2.17. The second-order valence-electron chi connectivity index (χ2n) is 4.68. The summed E-state index contributed by atoms with van der Waals surface area (Å²) in [6.07, 6.45) is 7.90. The Hall–Kier alpha value is -0.550. The molecule has 1 aliphatic heterocycles. The van der Waals surface area contributed by atoms with E-state index in [0.717, 1.165) is 6.54 Å². The monoisotopic (exact) mass is 178 g/mol. The van der Waals surface area contributed by atoms with Crippen LogP contribution in [-0.2, 0) is 0 Å². The second kappa shape index (κ2) is 3.67. The Balaban J connectivity index is 1.73. The van der Waals surface area contributed by atoms with Crippen molar-refractivity contribution in [2.75, 3.05) is 19.6 Å². The molecule has 1 spiro atoms. The van der Waals surface area contributed by atoms with E-state index in [1.54, 1.807) is 0 Å². The molecule has 2 heteroatoms. The van der Waals surface area contributed by atoms with E-state index < -0.39 is 0 Å². The number of rotatable bonds is 2. The van der Waals surface area contributed by atoms with Crippen LogP contribution in [-0.4, -0.2) is 24.5 Å². The lowest BCUT2D eigenvalue weighted by atomic mass is 9.68. The minimum atomic E-state index is 0.688. The van der Waals surface area contributed by atoms with Gasteiger partial charge in [0.2, 0.25) is 0 Å². The average molecular weight is 178 g/mol. The van der Waals surface area contributed by atoms with Crippen LogP contribution in [0.2, 0.25) is 0 Å². The quantitative estimate of drug-likeness (QED) is 0.648. The molecule has 1 saturated heterocycles. The lowest BCUT2D eigenvalue weighted by Gasteiger charge is -2.52. The standard InChI is InChI=1S/C11H18N2/c12-7-4-8-13-9-11(10-13)5-2-1-3-6-11/h1-6,8-10H2. The van der Waals surface area contributed by atoms with Crippen molar-refractivity contribution in [2.24, 2.45) is 5.41 Å². The normalized spacial score (nSPS) is 26.7. The maximum Gasteiger partial charge on any atom is 0.0635 e. The maximum atomic E-state index is 8.46. The third-order valence-electron chi connectivity index (χ3n) is 3.57. The third-order valence-corrected chi connectivity index (χ3v) is 3.57. The fourth-order valence-electron chi connectivity index (χ4n) is 2.89. The van der Waals surface area contributed by atoms with Gasteiger partial charge in [0.15, 0.2) is 0 Å². The van der Waals surface area contributed by atoms with Gasteiger partial charge in [0.25, 0.3) is 0 Å². The smallest absolute Gasteiger partial charge is 0.0635 e. The van der Waals surface area contributed by atoms with Gasteiger partial charge in [-0.3, -0.25) is 0 Å². The Morgan fingerprint density at radius 1 is 1.15 bits per heavy atom. The molecule has 0 aromatic carbocycles. The largest absolute Gasteiger partial charge is 0.301 e. The molecule has 2 nitrogen and oxygen atoms in total. The number of hydrogen-bond acceptors (Lipinski definition) is 2. The summed E-state index contributed by atoms with van der Waals surface area (Å²) < 4.78 is 0. The third kappa shape index (κ3) is 1.86. The van der Waals surface area contributed by atoms with E-state index in [1.807, 2.05) is 0 Å². The highest BCUT2D eigenvalue weighted by molar-refractivity contribution is 4.96. The Morgan fingerprint density at radius 3 is 2.46 bits per heavy atom. The van der Waals surface area contributed by atoms with Crippen LogP contribution >= 0.6 is 0 Å². The van der Waals surface area contributed by atoms with Crippen molar-refractivity contribution in [1.29, 1.82) is 5.26 Å². The van der Waals surface area contributed by atoms with Crippen molar-refractivity contribution in [1.82, 2.24) is 4.90 Å². The molecule has 13 heavy (non-hydrogen) atoms. The van der Waals surface area contributed by atoms with E-state index in [4.69, 9.17) is 5.26 Å². The zero-order valence-corrected chi connectivity index (χ0v) is 8.26. The Bertz CT molecular complexity index is 203. The first-order valence-corrected chi connectivity index (χ1v) is 5.44. The molecule has 0 aromatic heterocycles. The van der Waals surface area contributed by atoms with Gasteiger partial charge < -0.3 is 4.90 Å². The van der Waals surface area contributed by atoms with E-state index in [2.05, 4.69) is 11.0 Å².